The molecule has 1 aromatic rings. The van der Waals surface area contributed by atoms with Crippen molar-refractivity contribution in [3.63, 3.8) is 0 Å². The van der Waals surface area contributed by atoms with Gasteiger partial charge in [-0.15, -0.1) is 0 Å². The smallest absolute Gasteiger partial charge is 0.410 e. The van der Waals surface area contributed by atoms with Gasteiger partial charge in [-0.05, 0) is 27.2 Å². The summed E-state index contributed by atoms with van der Waals surface area (Å²) in [6, 6.07) is -0.0718. The molecule has 7 nitrogen and oxygen atoms in total. The number of hydrogen-bond acceptors (Lipinski definition) is 5. The third-order valence-electron chi connectivity index (χ3n) is 3.66. The minimum Gasteiger partial charge on any atom is -0.444 e. The average molecular weight is 295 g/mol. The Balaban J connectivity index is 2.01. The van der Waals surface area contributed by atoms with Crippen LogP contribution in [0.25, 0.3) is 0 Å². The molecule has 0 saturated carbocycles. The zero-order valence-electron chi connectivity index (χ0n) is 13.2. The van der Waals surface area contributed by atoms with Gasteiger partial charge in [-0.1, -0.05) is 0 Å². The van der Waals surface area contributed by atoms with E-state index in [2.05, 4.69) is 10.4 Å². The summed E-state index contributed by atoms with van der Waals surface area (Å²) >= 11 is 0. The fourth-order valence-electron chi connectivity index (χ4n) is 2.65. The van der Waals surface area contributed by atoms with Crippen molar-refractivity contribution >= 4 is 6.09 Å². The van der Waals surface area contributed by atoms with Crippen molar-refractivity contribution < 1.29 is 9.53 Å². The lowest BCUT2D eigenvalue weighted by Gasteiger charge is -2.26. The molecule has 2 unspecified atom stereocenters. The van der Waals surface area contributed by atoms with Crippen molar-refractivity contribution in [3.05, 3.63) is 18.2 Å². The van der Waals surface area contributed by atoms with Crippen molar-refractivity contribution in [2.75, 3.05) is 13.1 Å². The second-order valence-corrected chi connectivity index (χ2v) is 6.52. The van der Waals surface area contributed by atoms with Gasteiger partial charge in [0.2, 0.25) is 0 Å². The summed E-state index contributed by atoms with van der Waals surface area (Å²) in [6.45, 7) is 6.92. The van der Waals surface area contributed by atoms with Crippen LogP contribution in [0.5, 0.6) is 0 Å². The summed E-state index contributed by atoms with van der Waals surface area (Å²) in [5, 5.41) is 0. The van der Waals surface area contributed by atoms with E-state index in [-0.39, 0.29) is 18.1 Å². The minimum absolute atomic E-state index is 0.0718. The molecule has 1 aliphatic heterocycles. The van der Waals surface area contributed by atoms with Gasteiger partial charge in [-0.25, -0.2) is 15.2 Å². The zero-order valence-corrected chi connectivity index (χ0v) is 13.2. The topological polar surface area (TPSA) is 85.4 Å². The first-order chi connectivity index (χ1) is 9.81. The number of nitrogens with zero attached hydrogens (tertiary/aromatic N) is 3. The van der Waals surface area contributed by atoms with E-state index in [1.807, 2.05) is 38.6 Å². The number of nitrogens with two attached hydrogens (primary N) is 1. The van der Waals surface area contributed by atoms with Gasteiger partial charge in [0.1, 0.15) is 11.4 Å². The van der Waals surface area contributed by atoms with E-state index in [4.69, 9.17) is 10.6 Å². The molecule has 1 aliphatic rings. The van der Waals surface area contributed by atoms with E-state index in [1.54, 1.807) is 11.1 Å². The van der Waals surface area contributed by atoms with Crippen LogP contribution < -0.4 is 11.3 Å². The number of ether oxygens (including phenoxy) is 1. The highest BCUT2D eigenvalue weighted by atomic mass is 16.6. The quantitative estimate of drug-likeness (QED) is 0.646. The lowest BCUT2D eigenvalue weighted by molar-refractivity contribution is 0.0285. The normalized spacial score (nSPS) is 20.6. The lowest BCUT2D eigenvalue weighted by atomic mass is 9.99. The number of carbonyl (C=O) groups excluding carboxylic acids is 1. The van der Waals surface area contributed by atoms with E-state index >= 15 is 0 Å². The number of hydrazine groups is 1. The Hall–Kier alpha value is -1.60. The van der Waals surface area contributed by atoms with Crippen molar-refractivity contribution in [2.45, 2.75) is 38.8 Å². The summed E-state index contributed by atoms with van der Waals surface area (Å²) in [5.41, 5.74) is 2.36. The van der Waals surface area contributed by atoms with Gasteiger partial charge in [0.15, 0.2) is 0 Å². The maximum atomic E-state index is 12.1. The summed E-state index contributed by atoms with van der Waals surface area (Å²) in [4.78, 5) is 18.2. The minimum atomic E-state index is -0.472. The van der Waals surface area contributed by atoms with Gasteiger partial charge in [-0.2, -0.15) is 0 Å². The standard InChI is InChI=1S/C14H25N5O2/c1-14(2,3)21-13(20)19-7-5-10(9-19)11(17-15)12-16-6-8-18(12)4/h6,8,10-11,17H,5,7,9,15H2,1-4H3. The number of nitrogens with one attached hydrogen (secondary N) is 1. The lowest BCUT2D eigenvalue weighted by Crippen LogP contribution is -2.39. The van der Waals surface area contributed by atoms with Gasteiger partial charge < -0.3 is 14.2 Å². The molecule has 118 valence electrons. The van der Waals surface area contributed by atoms with E-state index in [1.165, 1.54) is 0 Å². The third-order valence-corrected chi connectivity index (χ3v) is 3.66. The number of hydrogen-bond donors (Lipinski definition) is 2. The predicted octanol–water partition coefficient (Wildman–Crippen LogP) is 1.18. The van der Waals surface area contributed by atoms with Crippen LogP contribution in [0.15, 0.2) is 12.4 Å². The molecule has 3 N–H and O–H groups in total. The highest BCUT2D eigenvalue weighted by Gasteiger charge is 2.35. The molecule has 1 fully saturated rings. The van der Waals surface area contributed by atoms with Crippen LogP contribution in [0.4, 0.5) is 4.79 Å². The second-order valence-electron chi connectivity index (χ2n) is 6.52. The van der Waals surface area contributed by atoms with Gasteiger partial charge in [0.25, 0.3) is 0 Å². The molecule has 0 bridgehead atoms. The molecule has 2 atom stereocenters. The molecule has 0 aliphatic carbocycles. The number of imidazole rings is 1. The van der Waals surface area contributed by atoms with Crippen molar-refractivity contribution in [3.8, 4) is 0 Å². The average Bonchev–Trinajstić information content (AvgIpc) is 2.99. The van der Waals surface area contributed by atoms with E-state index in [0.29, 0.717) is 13.1 Å². The molecule has 7 heteroatoms. The molecule has 21 heavy (non-hydrogen) atoms. The first-order valence-electron chi connectivity index (χ1n) is 7.23. The van der Waals surface area contributed by atoms with Crippen LogP contribution in [0.1, 0.15) is 39.1 Å². The molecule has 1 saturated heterocycles. The number of amides is 1. The number of carbonyl (C=O) groups is 1. The zero-order chi connectivity index (χ0) is 15.6. The largest absolute Gasteiger partial charge is 0.444 e. The van der Waals surface area contributed by atoms with Crippen LogP contribution in [-0.2, 0) is 11.8 Å². The van der Waals surface area contributed by atoms with E-state index < -0.39 is 5.60 Å². The molecular formula is C14H25N5O2. The first-order valence-corrected chi connectivity index (χ1v) is 7.23. The second kappa shape index (κ2) is 6.03. The third kappa shape index (κ3) is 3.74. The monoisotopic (exact) mass is 295 g/mol. The van der Waals surface area contributed by atoms with Gasteiger partial charge in [0.05, 0.1) is 6.04 Å². The van der Waals surface area contributed by atoms with Gasteiger partial charge in [0, 0.05) is 38.4 Å². The number of rotatable bonds is 3. The SMILES string of the molecule is Cn1ccnc1C(NN)C1CCN(C(=O)OC(C)(C)C)C1. The number of aromatic nitrogens is 2. The molecular weight excluding hydrogens is 270 g/mol. The molecule has 1 aromatic heterocycles. The Labute approximate surface area is 125 Å². The molecule has 1 amide bonds. The Morgan fingerprint density at radius 2 is 2.29 bits per heavy atom. The molecule has 0 aromatic carbocycles. The van der Waals surface area contributed by atoms with Crippen LogP contribution in [0, 0.1) is 5.92 Å². The van der Waals surface area contributed by atoms with Crippen LogP contribution in [-0.4, -0.2) is 39.2 Å². The number of likely N-dealkylation sites (tertiary alicyclic amines) is 1. The van der Waals surface area contributed by atoms with Crippen LogP contribution in [0.2, 0.25) is 0 Å². The van der Waals surface area contributed by atoms with E-state index in [9.17, 15) is 4.79 Å². The van der Waals surface area contributed by atoms with Crippen LogP contribution in [0.3, 0.4) is 0 Å². The van der Waals surface area contributed by atoms with E-state index in [0.717, 1.165) is 12.2 Å². The van der Waals surface area contributed by atoms with Crippen molar-refractivity contribution in [2.24, 2.45) is 18.8 Å². The van der Waals surface area contributed by atoms with Gasteiger partial charge in [-0.3, -0.25) is 5.84 Å². The first kappa shape index (κ1) is 15.8. The Morgan fingerprint density at radius 1 is 1.57 bits per heavy atom. The highest BCUT2D eigenvalue weighted by Crippen LogP contribution is 2.29. The summed E-state index contributed by atoms with van der Waals surface area (Å²) < 4.78 is 7.36. The van der Waals surface area contributed by atoms with Crippen molar-refractivity contribution in [1.82, 2.24) is 19.9 Å². The molecule has 0 spiro atoms. The summed E-state index contributed by atoms with van der Waals surface area (Å²) in [6.07, 6.45) is 4.25. The maximum Gasteiger partial charge on any atom is 0.410 e. The molecule has 2 heterocycles. The van der Waals surface area contributed by atoms with Gasteiger partial charge >= 0.3 is 6.09 Å². The Morgan fingerprint density at radius 3 is 2.81 bits per heavy atom. The predicted molar refractivity (Wildman–Crippen MR) is 79.2 cm³/mol. The highest BCUT2D eigenvalue weighted by molar-refractivity contribution is 5.68. The summed E-state index contributed by atoms with van der Waals surface area (Å²) in [7, 11) is 1.94. The Bertz CT molecular complexity index is 494. The maximum absolute atomic E-state index is 12.1. The fourth-order valence-corrected chi connectivity index (χ4v) is 2.65. The summed E-state index contributed by atoms with van der Waals surface area (Å²) in [5.74, 6) is 6.81. The van der Waals surface area contributed by atoms with Crippen LogP contribution >= 0.6 is 0 Å². The Kier molecular flexibility index (Phi) is 4.53. The molecule has 0 radical (unpaired) electrons. The molecule has 2 rings (SSSR count). The van der Waals surface area contributed by atoms with Crippen molar-refractivity contribution in [1.29, 1.82) is 0 Å². The fraction of sp³-hybridized carbons (Fsp3) is 0.714. The number of aryl methyl sites for hydroxylation is 1.